The average molecular weight is 506 g/mol. The minimum atomic E-state index is -0.693. The Morgan fingerprint density at radius 1 is 1.31 bits per heavy atom. The number of rotatable bonds is 4. The maximum Gasteiger partial charge on any atom is 0.279 e. The smallest absolute Gasteiger partial charge is 0.279 e. The Balaban J connectivity index is 1.71. The third kappa shape index (κ3) is 4.23. The molecule has 2 atom stereocenters. The summed E-state index contributed by atoms with van der Waals surface area (Å²) in [5, 5.41) is 12.7. The van der Waals surface area contributed by atoms with Crippen LogP contribution in [0.1, 0.15) is 24.0 Å². The highest BCUT2D eigenvalue weighted by Gasteiger charge is 2.34. The number of aliphatic imine (C=N–C) groups is 1. The number of hydrogen-bond acceptors (Lipinski definition) is 7. The highest BCUT2D eigenvalue weighted by atomic mass is 35.5. The molecule has 3 aromatic rings. The third-order valence-electron chi connectivity index (χ3n) is 6.91. The van der Waals surface area contributed by atoms with E-state index < -0.39 is 11.4 Å². The second-order valence-corrected chi connectivity index (χ2v) is 9.44. The zero-order valence-corrected chi connectivity index (χ0v) is 20.5. The lowest BCUT2D eigenvalue weighted by Crippen LogP contribution is -2.45. The molecule has 1 aromatic heterocycles. The van der Waals surface area contributed by atoms with Gasteiger partial charge in [0.25, 0.3) is 5.56 Å². The summed E-state index contributed by atoms with van der Waals surface area (Å²) >= 11 is 6.67. The number of halogens is 2. The quantitative estimate of drug-likeness (QED) is 0.415. The topological polar surface area (TPSA) is 112 Å². The van der Waals surface area contributed by atoms with Gasteiger partial charge >= 0.3 is 0 Å². The molecule has 3 heterocycles. The van der Waals surface area contributed by atoms with Gasteiger partial charge in [-0.1, -0.05) is 11.6 Å². The first-order valence-corrected chi connectivity index (χ1v) is 12.1. The van der Waals surface area contributed by atoms with Crippen LogP contribution in [0.2, 0.25) is 5.02 Å². The Kier molecular flexibility index (Phi) is 6.48. The molecule has 0 spiro atoms. The van der Waals surface area contributed by atoms with Crippen LogP contribution in [-0.4, -0.2) is 48.5 Å². The van der Waals surface area contributed by atoms with Crippen molar-refractivity contribution in [3.63, 3.8) is 0 Å². The van der Waals surface area contributed by atoms with Crippen LogP contribution in [-0.2, 0) is 0 Å². The summed E-state index contributed by atoms with van der Waals surface area (Å²) < 4.78 is 16.0. The lowest BCUT2D eigenvalue weighted by atomic mass is 9.93. The van der Waals surface area contributed by atoms with Crippen molar-refractivity contribution in [3.05, 3.63) is 68.7 Å². The van der Waals surface area contributed by atoms with Crippen molar-refractivity contribution in [2.24, 2.45) is 10.9 Å². The summed E-state index contributed by atoms with van der Waals surface area (Å²) in [6.45, 7) is 2.40. The number of fused-ring (bicyclic) bond motifs is 1. The number of nitrogens with one attached hydrogen (secondary N) is 1. The molecule has 36 heavy (non-hydrogen) atoms. The fraction of sp³-hybridized carbons (Fsp3) is 0.308. The summed E-state index contributed by atoms with van der Waals surface area (Å²) in [6.07, 6.45) is 3.56. The molecular formula is C26H25ClFN7O. The zero-order chi connectivity index (χ0) is 25.4. The Bertz CT molecular complexity index is 1460. The summed E-state index contributed by atoms with van der Waals surface area (Å²) in [5.74, 6) is 0.358. The first kappa shape index (κ1) is 24.0. The summed E-state index contributed by atoms with van der Waals surface area (Å²) in [7, 11) is 1.62. The van der Waals surface area contributed by atoms with Gasteiger partial charge in [0.1, 0.15) is 22.7 Å². The van der Waals surface area contributed by atoms with E-state index in [2.05, 4.69) is 10.3 Å². The predicted octanol–water partition coefficient (Wildman–Crippen LogP) is 3.38. The summed E-state index contributed by atoms with van der Waals surface area (Å²) in [4.78, 5) is 24.7. The number of anilines is 2. The standard InChI is InChI=1S/C26H25ClFN7O/c1-31-13-18-10-19(4-5-21(18)30)35-24(15-2-3-16(12-29)20(28)11-15)33-25(23(27)26(35)36)34-9-7-22-17(14-34)6-8-32-22/h2-5,10-11,13,17,22,32H,6-9,14,30H2,1H3. The van der Waals surface area contributed by atoms with Gasteiger partial charge in [0.15, 0.2) is 5.82 Å². The van der Waals surface area contributed by atoms with E-state index in [4.69, 9.17) is 22.3 Å². The average Bonchev–Trinajstić information content (AvgIpc) is 3.35. The first-order chi connectivity index (χ1) is 17.4. The molecule has 2 unspecified atom stereocenters. The molecule has 10 heteroatoms. The van der Waals surface area contributed by atoms with Gasteiger partial charge in [-0.3, -0.25) is 14.4 Å². The number of nitrogens with zero attached hydrogens (tertiary/aromatic N) is 5. The van der Waals surface area contributed by atoms with E-state index in [1.807, 2.05) is 11.0 Å². The van der Waals surface area contributed by atoms with Crippen LogP contribution < -0.4 is 21.5 Å². The number of nitrogens with two attached hydrogens (primary N) is 1. The first-order valence-electron chi connectivity index (χ1n) is 11.7. The van der Waals surface area contributed by atoms with Gasteiger partial charge in [-0.15, -0.1) is 0 Å². The highest BCUT2D eigenvalue weighted by molar-refractivity contribution is 6.32. The molecule has 0 aliphatic carbocycles. The van der Waals surface area contributed by atoms with E-state index in [1.165, 1.54) is 16.7 Å². The van der Waals surface area contributed by atoms with Gasteiger partial charge in [-0.2, -0.15) is 5.26 Å². The van der Waals surface area contributed by atoms with Crippen LogP contribution in [0, 0.1) is 23.1 Å². The SMILES string of the molecule is CN=Cc1cc(-n2c(-c3ccc(C#N)c(F)c3)nc(N3CCC4NCCC4C3)c(Cl)c2=O)ccc1N. The number of aromatic nitrogens is 2. The molecule has 0 radical (unpaired) electrons. The van der Waals surface area contributed by atoms with Crippen LogP contribution in [0.3, 0.4) is 0 Å². The van der Waals surface area contributed by atoms with Crippen LogP contribution >= 0.6 is 11.6 Å². The fourth-order valence-electron chi connectivity index (χ4n) is 5.07. The van der Waals surface area contributed by atoms with Crippen LogP contribution in [0.15, 0.2) is 46.2 Å². The van der Waals surface area contributed by atoms with Crippen molar-refractivity contribution in [3.8, 4) is 23.1 Å². The maximum absolute atomic E-state index is 14.7. The summed E-state index contributed by atoms with van der Waals surface area (Å²) in [6, 6.07) is 11.5. The predicted molar refractivity (Wildman–Crippen MR) is 140 cm³/mol. The molecule has 0 bridgehead atoms. The molecular weight excluding hydrogens is 481 g/mol. The molecule has 0 saturated carbocycles. The van der Waals surface area contributed by atoms with Crippen molar-refractivity contribution < 1.29 is 4.39 Å². The second-order valence-electron chi connectivity index (χ2n) is 9.06. The lowest BCUT2D eigenvalue weighted by molar-refractivity contribution is 0.375. The number of nitrogen functional groups attached to an aromatic ring is 1. The molecule has 2 aliphatic heterocycles. The van der Waals surface area contributed by atoms with Gasteiger partial charge in [0.2, 0.25) is 0 Å². The molecule has 8 nitrogen and oxygen atoms in total. The lowest BCUT2D eigenvalue weighted by Gasteiger charge is -2.36. The minimum absolute atomic E-state index is 0.000179. The monoisotopic (exact) mass is 505 g/mol. The van der Waals surface area contributed by atoms with Gasteiger partial charge < -0.3 is 16.0 Å². The number of hydrogen-bond donors (Lipinski definition) is 2. The van der Waals surface area contributed by atoms with Crippen molar-refractivity contribution in [2.75, 3.05) is 37.3 Å². The molecule has 2 fully saturated rings. The second kappa shape index (κ2) is 9.72. The third-order valence-corrected chi connectivity index (χ3v) is 7.24. The number of nitriles is 1. The van der Waals surface area contributed by atoms with E-state index in [9.17, 15) is 14.4 Å². The molecule has 2 aromatic carbocycles. The van der Waals surface area contributed by atoms with E-state index in [0.29, 0.717) is 46.8 Å². The highest BCUT2D eigenvalue weighted by Crippen LogP contribution is 2.33. The van der Waals surface area contributed by atoms with Crippen LogP contribution in [0.5, 0.6) is 0 Å². The van der Waals surface area contributed by atoms with Crippen LogP contribution in [0.4, 0.5) is 15.9 Å². The van der Waals surface area contributed by atoms with E-state index >= 15 is 0 Å². The van der Waals surface area contributed by atoms with Gasteiger partial charge in [0, 0.05) is 49.2 Å². The van der Waals surface area contributed by atoms with Gasteiger partial charge in [0.05, 0.1) is 11.3 Å². The van der Waals surface area contributed by atoms with Crippen molar-refractivity contribution in [1.82, 2.24) is 14.9 Å². The van der Waals surface area contributed by atoms with E-state index in [0.717, 1.165) is 25.9 Å². The molecule has 184 valence electrons. The Hall–Kier alpha value is -3.74. The Morgan fingerprint density at radius 2 is 2.14 bits per heavy atom. The van der Waals surface area contributed by atoms with E-state index in [1.54, 1.807) is 37.5 Å². The van der Waals surface area contributed by atoms with Crippen molar-refractivity contribution in [2.45, 2.75) is 18.9 Å². The van der Waals surface area contributed by atoms with Gasteiger partial charge in [-0.05, 0) is 61.7 Å². The molecule has 2 aliphatic rings. The van der Waals surface area contributed by atoms with E-state index in [-0.39, 0.29) is 16.4 Å². The normalized spacial score (nSPS) is 19.4. The molecule has 3 N–H and O–H groups in total. The van der Waals surface area contributed by atoms with Crippen molar-refractivity contribution >= 4 is 29.3 Å². The number of benzene rings is 2. The fourth-order valence-corrected chi connectivity index (χ4v) is 5.32. The molecule has 2 saturated heterocycles. The van der Waals surface area contributed by atoms with Gasteiger partial charge in [-0.25, -0.2) is 9.37 Å². The molecule has 0 amide bonds. The Labute approximate surface area is 212 Å². The summed E-state index contributed by atoms with van der Waals surface area (Å²) in [5.41, 5.74) is 7.43. The van der Waals surface area contributed by atoms with Crippen molar-refractivity contribution in [1.29, 1.82) is 5.26 Å². The number of piperidine rings is 1. The maximum atomic E-state index is 14.7. The Morgan fingerprint density at radius 3 is 2.89 bits per heavy atom. The van der Waals surface area contributed by atoms with Crippen LogP contribution in [0.25, 0.3) is 17.1 Å². The minimum Gasteiger partial charge on any atom is -0.398 e. The zero-order valence-electron chi connectivity index (χ0n) is 19.7. The largest absolute Gasteiger partial charge is 0.398 e. The molecule has 5 rings (SSSR count).